The first-order valence-electron chi connectivity index (χ1n) is 9.33. The number of carbonyl (C=O) groups excluding carboxylic acids is 2. The van der Waals surface area contributed by atoms with Crippen LogP contribution in [0.5, 0.6) is 0 Å². The smallest absolute Gasteiger partial charge is 0.258 e. The van der Waals surface area contributed by atoms with Crippen LogP contribution in [0.2, 0.25) is 0 Å². The number of hydrogen-bond donors (Lipinski definition) is 1. The summed E-state index contributed by atoms with van der Waals surface area (Å²) < 4.78 is 0.716. The maximum absolute atomic E-state index is 12.5. The third-order valence-electron chi connectivity index (χ3n) is 4.91. The van der Waals surface area contributed by atoms with Gasteiger partial charge in [0.15, 0.2) is 0 Å². The molecule has 3 aromatic rings. The summed E-state index contributed by atoms with van der Waals surface area (Å²) in [5.41, 5.74) is 2.68. The Morgan fingerprint density at radius 2 is 1.97 bits per heavy atom. The lowest BCUT2D eigenvalue weighted by Gasteiger charge is -2.16. The van der Waals surface area contributed by atoms with Gasteiger partial charge in [0, 0.05) is 29.0 Å². The molecule has 1 unspecified atom stereocenters. The van der Waals surface area contributed by atoms with Gasteiger partial charge in [0.1, 0.15) is 5.01 Å². The molecule has 0 radical (unpaired) electrons. The van der Waals surface area contributed by atoms with Gasteiger partial charge in [-0.1, -0.05) is 42.5 Å². The van der Waals surface area contributed by atoms with Crippen LogP contribution in [0.4, 0.5) is 10.8 Å². The molecule has 0 spiro atoms. The number of amides is 2. The monoisotopic (exact) mass is 470 g/mol. The molecule has 1 aliphatic rings. The molecule has 1 aromatic heterocycles. The van der Waals surface area contributed by atoms with Crippen molar-refractivity contribution in [2.45, 2.75) is 25.7 Å². The molecule has 2 heterocycles. The van der Waals surface area contributed by atoms with Crippen LogP contribution < -0.4 is 10.2 Å². The van der Waals surface area contributed by atoms with Gasteiger partial charge in [-0.3, -0.25) is 14.9 Å². The molecule has 2 amide bonds. The van der Waals surface area contributed by atoms with Gasteiger partial charge in [-0.05, 0) is 52.2 Å². The Balaban J connectivity index is 1.45. The van der Waals surface area contributed by atoms with E-state index in [1.54, 1.807) is 17.0 Å². The number of hydrogen-bond acceptors (Lipinski definition) is 5. The molecule has 6 nitrogen and oxygen atoms in total. The van der Waals surface area contributed by atoms with Gasteiger partial charge in [-0.2, -0.15) is 0 Å². The van der Waals surface area contributed by atoms with E-state index < -0.39 is 0 Å². The third kappa shape index (κ3) is 4.23. The first-order chi connectivity index (χ1) is 14.0. The van der Waals surface area contributed by atoms with Gasteiger partial charge in [0.05, 0.1) is 5.56 Å². The lowest BCUT2D eigenvalue weighted by atomic mass is 10.1. The molecular weight excluding hydrogens is 452 g/mol. The Morgan fingerprint density at radius 1 is 1.21 bits per heavy atom. The minimum Gasteiger partial charge on any atom is -0.312 e. The maximum atomic E-state index is 12.5. The topological polar surface area (TPSA) is 75.2 Å². The van der Waals surface area contributed by atoms with Gasteiger partial charge < -0.3 is 4.90 Å². The molecule has 1 aliphatic heterocycles. The predicted molar refractivity (Wildman–Crippen MR) is 118 cm³/mol. The van der Waals surface area contributed by atoms with Crippen molar-refractivity contribution in [2.24, 2.45) is 0 Å². The Morgan fingerprint density at radius 3 is 2.69 bits per heavy atom. The summed E-state index contributed by atoms with van der Waals surface area (Å²) >= 11 is 4.69. The van der Waals surface area contributed by atoms with Gasteiger partial charge in [-0.15, -0.1) is 10.2 Å². The van der Waals surface area contributed by atoms with Crippen LogP contribution in [-0.4, -0.2) is 28.6 Å². The van der Waals surface area contributed by atoms with E-state index in [9.17, 15) is 9.59 Å². The molecule has 0 aliphatic carbocycles. The van der Waals surface area contributed by atoms with Crippen molar-refractivity contribution in [3.05, 3.63) is 69.1 Å². The number of carbonyl (C=O) groups is 2. The Hall–Kier alpha value is -2.58. The van der Waals surface area contributed by atoms with Gasteiger partial charge in [0.2, 0.25) is 11.0 Å². The average Bonchev–Trinajstić information content (AvgIpc) is 3.35. The van der Waals surface area contributed by atoms with Gasteiger partial charge in [-0.25, -0.2) is 0 Å². The second-order valence-electron chi connectivity index (χ2n) is 6.80. The zero-order chi connectivity index (χ0) is 20.4. The molecule has 148 valence electrons. The van der Waals surface area contributed by atoms with Crippen LogP contribution in [0.25, 0.3) is 0 Å². The molecule has 4 rings (SSSR count). The summed E-state index contributed by atoms with van der Waals surface area (Å²) in [4.78, 5) is 26.8. The molecule has 1 saturated heterocycles. The van der Waals surface area contributed by atoms with Crippen LogP contribution in [-0.2, 0) is 11.2 Å². The van der Waals surface area contributed by atoms with E-state index in [1.165, 1.54) is 16.9 Å². The summed E-state index contributed by atoms with van der Waals surface area (Å²) in [6.45, 7) is 2.67. The van der Waals surface area contributed by atoms with E-state index in [0.717, 1.165) is 17.1 Å². The van der Waals surface area contributed by atoms with Gasteiger partial charge >= 0.3 is 0 Å². The van der Waals surface area contributed by atoms with Crippen molar-refractivity contribution in [1.82, 2.24) is 10.2 Å². The highest BCUT2D eigenvalue weighted by Crippen LogP contribution is 2.34. The van der Waals surface area contributed by atoms with Crippen LogP contribution in [0.1, 0.15) is 40.2 Å². The molecule has 1 N–H and O–H groups in total. The van der Waals surface area contributed by atoms with E-state index in [4.69, 9.17) is 0 Å². The zero-order valence-electron chi connectivity index (χ0n) is 15.8. The maximum Gasteiger partial charge on any atom is 0.258 e. The van der Waals surface area contributed by atoms with Crippen molar-refractivity contribution in [3.63, 3.8) is 0 Å². The minimum absolute atomic E-state index is 0.0278. The van der Waals surface area contributed by atoms with Crippen LogP contribution >= 0.6 is 27.3 Å². The lowest BCUT2D eigenvalue weighted by Crippen LogP contribution is -2.24. The standard InChI is InChI=1S/C21H19BrN4O2S/c1-2-13-7-9-15(10-8-13)26-12-14(11-18(26)27)20-24-25-21(29-20)23-19(28)16-5-3-4-6-17(16)22/h3-10,14H,2,11-12H2,1H3,(H,23,25,28). The molecule has 29 heavy (non-hydrogen) atoms. The Bertz CT molecular complexity index is 1050. The van der Waals surface area contributed by atoms with Crippen molar-refractivity contribution in [1.29, 1.82) is 0 Å². The minimum atomic E-state index is -0.250. The van der Waals surface area contributed by atoms with Crippen LogP contribution in [0.3, 0.4) is 0 Å². The Kier molecular flexibility index (Phi) is 5.73. The molecule has 0 saturated carbocycles. The number of benzene rings is 2. The van der Waals surface area contributed by atoms with Crippen molar-refractivity contribution in [3.8, 4) is 0 Å². The second kappa shape index (κ2) is 8.42. The van der Waals surface area contributed by atoms with E-state index in [0.29, 0.717) is 28.1 Å². The highest BCUT2D eigenvalue weighted by Gasteiger charge is 2.34. The van der Waals surface area contributed by atoms with Crippen molar-refractivity contribution in [2.75, 3.05) is 16.8 Å². The number of rotatable bonds is 5. The number of halogens is 1. The predicted octanol–water partition coefficient (Wildman–Crippen LogP) is 4.64. The number of nitrogens with one attached hydrogen (secondary N) is 1. The van der Waals surface area contributed by atoms with E-state index in [-0.39, 0.29) is 17.7 Å². The summed E-state index contributed by atoms with van der Waals surface area (Å²) in [7, 11) is 0. The molecule has 1 atom stereocenters. The molecule has 8 heteroatoms. The number of anilines is 2. The van der Waals surface area contributed by atoms with E-state index in [1.807, 2.05) is 24.3 Å². The average molecular weight is 471 g/mol. The molecule has 0 bridgehead atoms. The summed E-state index contributed by atoms with van der Waals surface area (Å²) in [6, 6.07) is 15.3. The summed E-state index contributed by atoms with van der Waals surface area (Å²) in [5.74, 6) is -0.200. The normalized spacial score (nSPS) is 16.3. The fourth-order valence-corrected chi connectivity index (χ4v) is 4.59. The van der Waals surface area contributed by atoms with Crippen molar-refractivity contribution >= 4 is 49.9 Å². The highest BCUT2D eigenvalue weighted by atomic mass is 79.9. The zero-order valence-corrected chi connectivity index (χ0v) is 18.2. The fourth-order valence-electron chi connectivity index (χ4n) is 3.29. The summed E-state index contributed by atoms with van der Waals surface area (Å²) in [6.07, 6.45) is 1.36. The SMILES string of the molecule is CCc1ccc(N2CC(c3nnc(NC(=O)c4ccccc4Br)s3)CC2=O)cc1. The fraction of sp³-hybridized carbons (Fsp3) is 0.238. The molecular formula is C21H19BrN4O2S. The highest BCUT2D eigenvalue weighted by molar-refractivity contribution is 9.10. The molecule has 1 fully saturated rings. The van der Waals surface area contributed by atoms with Gasteiger partial charge in [0.25, 0.3) is 5.91 Å². The third-order valence-corrected chi connectivity index (χ3v) is 6.60. The lowest BCUT2D eigenvalue weighted by molar-refractivity contribution is -0.117. The largest absolute Gasteiger partial charge is 0.312 e. The number of aromatic nitrogens is 2. The number of nitrogens with zero attached hydrogens (tertiary/aromatic N) is 3. The van der Waals surface area contributed by atoms with E-state index >= 15 is 0 Å². The number of aryl methyl sites for hydroxylation is 1. The Labute approximate surface area is 181 Å². The first-order valence-corrected chi connectivity index (χ1v) is 10.9. The second-order valence-corrected chi connectivity index (χ2v) is 8.67. The van der Waals surface area contributed by atoms with Crippen molar-refractivity contribution < 1.29 is 9.59 Å². The van der Waals surface area contributed by atoms with Crippen LogP contribution in [0, 0.1) is 0 Å². The molecule has 2 aromatic carbocycles. The van der Waals surface area contributed by atoms with E-state index in [2.05, 4.69) is 50.5 Å². The summed E-state index contributed by atoms with van der Waals surface area (Å²) in [5, 5.41) is 12.3. The quantitative estimate of drug-likeness (QED) is 0.589. The first kappa shape index (κ1) is 19.7. The van der Waals surface area contributed by atoms with Crippen LogP contribution in [0.15, 0.2) is 53.0 Å².